The summed E-state index contributed by atoms with van der Waals surface area (Å²) >= 11 is 0. The highest BCUT2D eigenvalue weighted by molar-refractivity contribution is 5.89. The van der Waals surface area contributed by atoms with Gasteiger partial charge >= 0.3 is 5.97 Å². The van der Waals surface area contributed by atoms with Crippen molar-refractivity contribution in [3.8, 4) is 5.88 Å². The fourth-order valence-electron chi connectivity index (χ4n) is 3.12. The fourth-order valence-corrected chi connectivity index (χ4v) is 3.12. The topological polar surface area (TPSA) is 84.2 Å². The van der Waals surface area contributed by atoms with Crippen LogP contribution in [0.1, 0.15) is 5.56 Å². The van der Waals surface area contributed by atoms with Crippen molar-refractivity contribution < 1.29 is 19.4 Å². The number of fused-ring (bicyclic) bond motifs is 3. The number of allylic oxidation sites excluding steroid dienone is 2. The van der Waals surface area contributed by atoms with Gasteiger partial charge in [-0.15, -0.1) is 0 Å². The zero-order valence-electron chi connectivity index (χ0n) is 15.5. The third kappa shape index (κ3) is 4.35. The Balaban J connectivity index is 1.73. The van der Waals surface area contributed by atoms with Gasteiger partial charge in [0.15, 0.2) is 6.40 Å². The Bertz CT molecular complexity index is 1070. The molecule has 1 aromatic heterocycles. The zero-order chi connectivity index (χ0) is 20.1. The average Bonchev–Trinajstić information content (AvgIpc) is 3.12. The minimum atomic E-state index is -1.03. The SMILES string of the molecule is O=C(O)C1=CC2CN1C=CN=COCC=CC=Cc1ccc3ccnc(c3c1)O2. The van der Waals surface area contributed by atoms with Gasteiger partial charge in [-0.3, -0.25) is 0 Å². The summed E-state index contributed by atoms with van der Waals surface area (Å²) in [6.45, 7) is 0.724. The molecule has 4 rings (SSSR count). The van der Waals surface area contributed by atoms with Gasteiger partial charge in [-0.1, -0.05) is 30.4 Å². The van der Waals surface area contributed by atoms with Crippen molar-refractivity contribution in [3.05, 3.63) is 78.4 Å². The highest BCUT2D eigenvalue weighted by Gasteiger charge is 2.28. The van der Waals surface area contributed by atoms with E-state index in [1.807, 2.05) is 48.6 Å². The van der Waals surface area contributed by atoms with Crippen LogP contribution >= 0.6 is 0 Å². The Kier molecular flexibility index (Phi) is 5.38. The maximum atomic E-state index is 11.6. The maximum absolute atomic E-state index is 11.6. The Labute approximate surface area is 167 Å². The first-order chi connectivity index (χ1) is 14.2. The van der Waals surface area contributed by atoms with Crippen LogP contribution in [0.25, 0.3) is 16.8 Å². The van der Waals surface area contributed by atoms with E-state index >= 15 is 0 Å². The smallest absolute Gasteiger partial charge is 0.352 e. The molecule has 0 saturated heterocycles. The number of benzene rings is 1. The lowest BCUT2D eigenvalue weighted by Crippen LogP contribution is -2.24. The Morgan fingerprint density at radius 3 is 3.07 bits per heavy atom. The third-order valence-corrected chi connectivity index (χ3v) is 4.46. The number of carbonyl (C=O) groups is 1. The van der Waals surface area contributed by atoms with E-state index in [-0.39, 0.29) is 5.70 Å². The molecule has 2 aliphatic heterocycles. The van der Waals surface area contributed by atoms with E-state index in [4.69, 9.17) is 9.47 Å². The summed E-state index contributed by atoms with van der Waals surface area (Å²) in [5.74, 6) is -0.562. The lowest BCUT2D eigenvalue weighted by atomic mass is 10.1. The van der Waals surface area contributed by atoms with Gasteiger partial charge in [0, 0.05) is 24.0 Å². The van der Waals surface area contributed by atoms with Crippen LogP contribution < -0.4 is 4.74 Å². The molecule has 29 heavy (non-hydrogen) atoms. The summed E-state index contributed by atoms with van der Waals surface area (Å²) in [6, 6.07) is 7.94. The molecule has 1 N–H and O–H groups in total. The van der Waals surface area contributed by atoms with Crippen molar-refractivity contribution in [3.63, 3.8) is 0 Å². The van der Waals surface area contributed by atoms with Crippen molar-refractivity contribution in [1.29, 1.82) is 0 Å². The number of ether oxygens (including phenoxy) is 2. The number of hydrogen-bond acceptors (Lipinski definition) is 6. The molecular formula is C22H19N3O4. The highest BCUT2D eigenvalue weighted by atomic mass is 16.5. The number of rotatable bonds is 1. The van der Waals surface area contributed by atoms with E-state index in [2.05, 4.69) is 9.98 Å². The molecule has 7 nitrogen and oxygen atoms in total. The van der Waals surface area contributed by atoms with E-state index in [0.717, 1.165) is 16.3 Å². The predicted molar refractivity (Wildman–Crippen MR) is 110 cm³/mol. The van der Waals surface area contributed by atoms with Crippen molar-refractivity contribution in [2.45, 2.75) is 6.10 Å². The monoisotopic (exact) mass is 389 g/mol. The molecule has 0 fully saturated rings. The standard InChI is InChI=1S/C22H19N3O4/c26-22(27)20-13-18-14-25(20)10-9-23-15-28-11-3-1-2-4-16-5-6-17-7-8-24-21(29-18)19(17)12-16/h1-10,12-13,15,18H,11,14H2,(H,26,27). The lowest BCUT2D eigenvalue weighted by Gasteiger charge is -2.17. The van der Waals surface area contributed by atoms with E-state index in [1.54, 1.807) is 23.4 Å². The van der Waals surface area contributed by atoms with Gasteiger partial charge < -0.3 is 19.5 Å². The number of carboxylic acids is 1. The predicted octanol–water partition coefficient (Wildman–Crippen LogP) is 3.37. The van der Waals surface area contributed by atoms with Crippen LogP contribution in [0.15, 0.2) is 77.9 Å². The van der Waals surface area contributed by atoms with E-state index in [0.29, 0.717) is 19.0 Å². The summed E-state index contributed by atoms with van der Waals surface area (Å²) in [4.78, 5) is 21.5. The second kappa shape index (κ2) is 8.43. The molecule has 7 heteroatoms. The zero-order valence-corrected chi connectivity index (χ0v) is 15.5. The number of aliphatic carboxylic acids is 1. The van der Waals surface area contributed by atoms with Crippen molar-refractivity contribution in [2.75, 3.05) is 13.2 Å². The number of hydrogen-bond donors (Lipinski definition) is 1. The van der Waals surface area contributed by atoms with Crippen molar-refractivity contribution >= 4 is 29.2 Å². The molecule has 0 saturated carbocycles. The van der Waals surface area contributed by atoms with Gasteiger partial charge in [-0.2, -0.15) is 0 Å². The van der Waals surface area contributed by atoms with E-state index in [1.165, 1.54) is 12.6 Å². The van der Waals surface area contributed by atoms with Crippen LogP contribution in [0, 0.1) is 0 Å². The molecule has 2 aliphatic rings. The first kappa shape index (κ1) is 18.5. The van der Waals surface area contributed by atoms with Gasteiger partial charge in [-0.25, -0.2) is 14.8 Å². The number of aromatic nitrogens is 1. The van der Waals surface area contributed by atoms with Gasteiger partial charge in [-0.05, 0) is 35.2 Å². The molecule has 1 unspecified atom stereocenters. The molecule has 0 aliphatic carbocycles. The molecule has 146 valence electrons. The van der Waals surface area contributed by atoms with Crippen LogP contribution in [0.3, 0.4) is 0 Å². The molecule has 1 atom stereocenters. The molecule has 0 radical (unpaired) electrons. The Morgan fingerprint density at radius 1 is 1.24 bits per heavy atom. The highest BCUT2D eigenvalue weighted by Crippen LogP contribution is 2.28. The number of carboxylic acid groups (broad SMARTS) is 1. The minimum absolute atomic E-state index is 0.132. The summed E-state index contributed by atoms with van der Waals surface area (Å²) in [6.07, 6.45) is 14.9. The first-order valence-corrected chi connectivity index (χ1v) is 9.11. The second-order valence-electron chi connectivity index (χ2n) is 6.44. The summed E-state index contributed by atoms with van der Waals surface area (Å²) in [5.41, 5.74) is 1.13. The third-order valence-electron chi connectivity index (χ3n) is 4.46. The molecule has 0 amide bonds. The van der Waals surface area contributed by atoms with Gasteiger partial charge in [0.2, 0.25) is 5.88 Å². The van der Waals surface area contributed by atoms with Crippen LogP contribution in [0.5, 0.6) is 5.88 Å². The molecule has 4 bridgehead atoms. The van der Waals surface area contributed by atoms with Crippen LogP contribution in [-0.2, 0) is 9.53 Å². The van der Waals surface area contributed by atoms with Crippen molar-refractivity contribution in [2.24, 2.45) is 4.99 Å². The van der Waals surface area contributed by atoms with Crippen LogP contribution in [-0.4, -0.2) is 46.6 Å². The molecule has 2 aromatic rings. The quantitative estimate of drug-likeness (QED) is 0.805. The summed E-state index contributed by atoms with van der Waals surface area (Å²) in [7, 11) is 0. The Morgan fingerprint density at radius 2 is 2.17 bits per heavy atom. The largest absolute Gasteiger partial charge is 0.479 e. The molecule has 0 spiro atoms. The molecule has 3 heterocycles. The minimum Gasteiger partial charge on any atom is -0.479 e. The maximum Gasteiger partial charge on any atom is 0.352 e. The lowest BCUT2D eigenvalue weighted by molar-refractivity contribution is -0.133. The van der Waals surface area contributed by atoms with Gasteiger partial charge in [0.05, 0.1) is 6.54 Å². The van der Waals surface area contributed by atoms with Gasteiger partial charge in [0.25, 0.3) is 0 Å². The fraction of sp³-hybridized carbons (Fsp3) is 0.136. The summed E-state index contributed by atoms with van der Waals surface area (Å²) in [5, 5.41) is 11.4. The second-order valence-corrected chi connectivity index (χ2v) is 6.44. The number of nitrogens with zero attached hydrogens (tertiary/aromatic N) is 3. The number of aliphatic imine (C=N–C) groups is 1. The number of pyridine rings is 1. The molecule has 1 aromatic carbocycles. The average molecular weight is 389 g/mol. The van der Waals surface area contributed by atoms with E-state index < -0.39 is 12.1 Å². The molecular weight excluding hydrogens is 370 g/mol. The summed E-state index contributed by atoms with van der Waals surface area (Å²) < 4.78 is 11.3. The normalized spacial score (nSPS) is 18.8. The first-order valence-electron chi connectivity index (χ1n) is 9.11. The van der Waals surface area contributed by atoms with Gasteiger partial charge in [0.1, 0.15) is 18.4 Å². The van der Waals surface area contributed by atoms with Crippen LogP contribution in [0.4, 0.5) is 0 Å². The van der Waals surface area contributed by atoms with Crippen LogP contribution in [0.2, 0.25) is 0 Å². The van der Waals surface area contributed by atoms with Crippen molar-refractivity contribution in [1.82, 2.24) is 9.88 Å². The Hall–Kier alpha value is -3.87. The van der Waals surface area contributed by atoms with E-state index in [9.17, 15) is 9.90 Å².